The fraction of sp³-hybridized carbons (Fsp3) is 0.750. The molecule has 1 N–H and O–H groups in total. The molecule has 0 saturated carbocycles. The van der Waals surface area contributed by atoms with Crippen LogP contribution in [0, 0.1) is 6.92 Å². The molecule has 1 aromatic heterocycles. The Labute approximate surface area is 122 Å². The van der Waals surface area contributed by atoms with Gasteiger partial charge in [0, 0.05) is 19.1 Å². The summed E-state index contributed by atoms with van der Waals surface area (Å²) >= 11 is 0. The van der Waals surface area contributed by atoms with E-state index in [1.54, 1.807) is 0 Å². The molecule has 2 rings (SSSR count). The largest absolute Gasteiger partial charge is 0.465 e. The Bertz CT molecular complexity index is 403. The van der Waals surface area contributed by atoms with Gasteiger partial charge in [0.05, 0.1) is 18.8 Å². The van der Waals surface area contributed by atoms with Gasteiger partial charge < -0.3 is 14.5 Å². The lowest BCUT2D eigenvalue weighted by atomic mass is 10.2. The predicted octanol–water partition coefficient (Wildman–Crippen LogP) is 2.57. The van der Waals surface area contributed by atoms with Crippen LogP contribution in [0.2, 0.25) is 0 Å². The first-order valence-electron chi connectivity index (χ1n) is 7.65. The molecule has 2 atom stereocenters. The summed E-state index contributed by atoms with van der Waals surface area (Å²) in [6, 6.07) is 4.60. The predicted molar refractivity (Wildman–Crippen MR) is 80.8 cm³/mol. The van der Waals surface area contributed by atoms with Crippen LogP contribution in [-0.2, 0) is 11.3 Å². The molecule has 1 aliphatic heterocycles. The highest BCUT2D eigenvalue weighted by Crippen LogP contribution is 2.20. The molecule has 0 spiro atoms. The molecule has 0 aromatic carbocycles. The standard InChI is InChI=1S/C16H28N2O2/c1-12(2)17-9-14-7-8-16(20-14)11-18(4)10-15-6-5-13(3)19-15/h5-6,12,14,16-17H,7-11H2,1-4H3. The van der Waals surface area contributed by atoms with Crippen molar-refractivity contribution in [2.45, 2.75) is 58.4 Å². The van der Waals surface area contributed by atoms with Gasteiger partial charge in [0.1, 0.15) is 11.5 Å². The van der Waals surface area contributed by atoms with E-state index < -0.39 is 0 Å². The Morgan fingerprint density at radius 3 is 2.70 bits per heavy atom. The molecule has 0 amide bonds. The number of hydrogen-bond acceptors (Lipinski definition) is 4. The van der Waals surface area contributed by atoms with Gasteiger partial charge in [-0.2, -0.15) is 0 Å². The van der Waals surface area contributed by atoms with Crippen molar-refractivity contribution in [3.05, 3.63) is 23.7 Å². The zero-order valence-corrected chi connectivity index (χ0v) is 13.2. The summed E-state index contributed by atoms with van der Waals surface area (Å²) in [6.45, 7) is 9.11. The van der Waals surface area contributed by atoms with Crippen LogP contribution in [0.25, 0.3) is 0 Å². The molecule has 1 fully saturated rings. The Morgan fingerprint density at radius 2 is 2.05 bits per heavy atom. The topological polar surface area (TPSA) is 37.6 Å². The number of likely N-dealkylation sites (N-methyl/N-ethyl adjacent to an activating group) is 1. The maximum atomic E-state index is 6.09. The number of furan rings is 1. The van der Waals surface area contributed by atoms with E-state index in [9.17, 15) is 0 Å². The fourth-order valence-corrected chi connectivity index (χ4v) is 2.68. The van der Waals surface area contributed by atoms with Crippen molar-refractivity contribution in [3.63, 3.8) is 0 Å². The van der Waals surface area contributed by atoms with Crippen molar-refractivity contribution in [1.29, 1.82) is 0 Å². The molecule has 114 valence electrons. The molecular weight excluding hydrogens is 252 g/mol. The first-order chi connectivity index (χ1) is 9.52. The summed E-state index contributed by atoms with van der Waals surface area (Å²) in [5.41, 5.74) is 0. The van der Waals surface area contributed by atoms with Gasteiger partial charge in [0.15, 0.2) is 0 Å². The van der Waals surface area contributed by atoms with E-state index in [0.29, 0.717) is 18.2 Å². The van der Waals surface area contributed by atoms with E-state index in [0.717, 1.165) is 44.0 Å². The van der Waals surface area contributed by atoms with Gasteiger partial charge in [0.25, 0.3) is 0 Å². The minimum atomic E-state index is 0.357. The van der Waals surface area contributed by atoms with Crippen LogP contribution in [0.1, 0.15) is 38.2 Å². The van der Waals surface area contributed by atoms with Crippen molar-refractivity contribution in [3.8, 4) is 0 Å². The number of rotatable bonds is 7. The molecule has 1 aliphatic rings. The Balaban J connectivity index is 1.69. The summed E-state index contributed by atoms with van der Waals surface area (Å²) in [5.74, 6) is 2.01. The highest BCUT2D eigenvalue weighted by Gasteiger charge is 2.26. The lowest BCUT2D eigenvalue weighted by Gasteiger charge is -2.21. The van der Waals surface area contributed by atoms with Crippen molar-refractivity contribution >= 4 is 0 Å². The van der Waals surface area contributed by atoms with Gasteiger partial charge in [-0.3, -0.25) is 4.90 Å². The molecule has 4 nitrogen and oxygen atoms in total. The minimum absolute atomic E-state index is 0.357. The van der Waals surface area contributed by atoms with Crippen LogP contribution < -0.4 is 5.32 Å². The smallest absolute Gasteiger partial charge is 0.118 e. The molecule has 2 heterocycles. The van der Waals surface area contributed by atoms with Gasteiger partial charge in [-0.25, -0.2) is 0 Å². The third-order valence-electron chi connectivity index (χ3n) is 3.69. The average Bonchev–Trinajstić information content (AvgIpc) is 2.96. The number of ether oxygens (including phenoxy) is 1. The van der Waals surface area contributed by atoms with E-state index >= 15 is 0 Å². The zero-order chi connectivity index (χ0) is 14.5. The molecule has 20 heavy (non-hydrogen) atoms. The van der Waals surface area contributed by atoms with Crippen LogP contribution in [-0.4, -0.2) is 43.3 Å². The maximum absolute atomic E-state index is 6.09. The third kappa shape index (κ3) is 4.93. The number of nitrogens with one attached hydrogen (secondary N) is 1. The summed E-state index contributed by atoms with van der Waals surface area (Å²) in [5, 5.41) is 3.45. The highest BCUT2D eigenvalue weighted by atomic mass is 16.5. The highest BCUT2D eigenvalue weighted by molar-refractivity contribution is 5.05. The zero-order valence-electron chi connectivity index (χ0n) is 13.2. The van der Waals surface area contributed by atoms with Crippen molar-refractivity contribution in [2.24, 2.45) is 0 Å². The van der Waals surface area contributed by atoms with Crippen LogP contribution in [0.5, 0.6) is 0 Å². The Morgan fingerprint density at radius 1 is 1.30 bits per heavy atom. The van der Waals surface area contributed by atoms with E-state index in [4.69, 9.17) is 9.15 Å². The van der Waals surface area contributed by atoms with Crippen molar-refractivity contribution < 1.29 is 9.15 Å². The molecule has 0 radical (unpaired) electrons. The molecule has 1 aromatic rings. The first-order valence-corrected chi connectivity index (χ1v) is 7.65. The second-order valence-corrected chi connectivity index (χ2v) is 6.23. The average molecular weight is 280 g/mol. The molecule has 2 unspecified atom stereocenters. The van der Waals surface area contributed by atoms with E-state index in [1.807, 2.05) is 13.0 Å². The van der Waals surface area contributed by atoms with Gasteiger partial charge in [0.2, 0.25) is 0 Å². The monoisotopic (exact) mass is 280 g/mol. The second-order valence-electron chi connectivity index (χ2n) is 6.23. The van der Waals surface area contributed by atoms with E-state index in [1.165, 1.54) is 0 Å². The number of nitrogens with zero attached hydrogens (tertiary/aromatic N) is 1. The van der Waals surface area contributed by atoms with Crippen LogP contribution in [0.15, 0.2) is 16.5 Å². The van der Waals surface area contributed by atoms with E-state index in [-0.39, 0.29) is 0 Å². The fourth-order valence-electron chi connectivity index (χ4n) is 2.68. The Kier molecular flexibility index (Phi) is 5.64. The summed E-state index contributed by atoms with van der Waals surface area (Å²) < 4.78 is 11.7. The minimum Gasteiger partial charge on any atom is -0.465 e. The lowest BCUT2D eigenvalue weighted by molar-refractivity contribution is 0.0250. The maximum Gasteiger partial charge on any atom is 0.118 e. The summed E-state index contributed by atoms with van der Waals surface area (Å²) in [4.78, 5) is 2.28. The lowest BCUT2D eigenvalue weighted by Crippen LogP contribution is -2.34. The van der Waals surface area contributed by atoms with E-state index in [2.05, 4.69) is 37.2 Å². The van der Waals surface area contributed by atoms with Gasteiger partial charge in [-0.15, -0.1) is 0 Å². The molecule has 1 saturated heterocycles. The number of aryl methyl sites for hydroxylation is 1. The van der Waals surface area contributed by atoms with Gasteiger partial charge >= 0.3 is 0 Å². The Hall–Kier alpha value is -0.840. The van der Waals surface area contributed by atoms with Crippen LogP contribution in [0.4, 0.5) is 0 Å². The van der Waals surface area contributed by atoms with Crippen molar-refractivity contribution in [1.82, 2.24) is 10.2 Å². The van der Waals surface area contributed by atoms with Gasteiger partial charge in [-0.05, 0) is 38.9 Å². The summed E-state index contributed by atoms with van der Waals surface area (Å²) in [7, 11) is 2.13. The molecular formula is C16H28N2O2. The van der Waals surface area contributed by atoms with Crippen molar-refractivity contribution in [2.75, 3.05) is 20.1 Å². The van der Waals surface area contributed by atoms with Gasteiger partial charge in [-0.1, -0.05) is 13.8 Å². The SMILES string of the molecule is Cc1ccc(CN(C)CC2CCC(CNC(C)C)O2)o1. The molecule has 4 heteroatoms. The second kappa shape index (κ2) is 7.25. The summed E-state index contributed by atoms with van der Waals surface area (Å²) in [6.07, 6.45) is 3.06. The number of hydrogen-bond donors (Lipinski definition) is 1. The van der Waals surface area contributed by atoms with Crippen LogP contribution >= 0.6 is 0 Å². The van der Waals surface area contributed by atoms with Crippen LogP contribution in [0.3, 0.4) is 0 Å². The molecule has 0 bridgehead atoms. The third-order valence-corrected chi connectivity index (χ3v) is 3.69. The molecule has 0 aliphatic carbocycles. The normalized spacial score (nSPS) is 23.1. The quantitative estimate of drug-likeness (QED) is 0.833. The first kappa shape index (κ1) is 15.5.